The summed E-state index contributed by atoms with van der Waals surface area (Å²) in [5.41, 5.74) is 0. The van der Waals surface area contributed by atoms with Crippen LogP contribution in [0.25, 0.3) is 0 Å². The van der Waals surface area contributed by atoms with Gasteiger partial charge in [-0.15, -0.1) is 11.3 Å². The summed E-state index contributed by atoms with van der Waals surface area (Å²) in [5, 5.41) is 9.10. The van der Waals surface area contributed by atoms with Crippen LogP contribution >= 0.6 is 11.3 Å². The lowest BCUT2D eigenvalue weighted by molar-refractivity contribution is 0.277. The van der Waals surface area contributed by atoms with Gasteiger partial charge in [0, 0.05) is 17.5 Å². The average molecular weight is 319 g/mol. The van der Waals surface area contributed by atoms with E-state index in [4.69, 9.17) is 5.11 Å². The Hall–Kier alpha value is -0.430. The number of sulfonamides is 1. The maximum atomic E-state index is 12.8. The summed E-state index contributed by atoms with van der Waals surface area (Å²) in [4.78, 5) is 0.678. The van der Waals surface area contributed by atoms with Crippen LogP contribution in [-0.4, -0.2) is 30.4 Å². The lowest BCUT2D eigenvalue weighted by Gasteiger charge is -2.30. The summed E-state index contributed by atoms with van der Waals surface area (Å²) in [7, 11) is -3.47. The quantitative estimate of drug-likeness (QED) is 0.801. The van der Waals surface area contributed by atoms with E-state index in [2.05, 4.69) is 0 Å². The minimum Gasteiger partial charge on any atom is -0.391 e. The van der Waals surface area contributed by atoms with Crippen LogP contribution in [0, 0.1) is 5.92 Å². The van der Waals surface area contributed by atoms with Gasteiger partial charge in [-0.1, -0.05) is 27.7 Å². The van der Waals surface area contributed by atoms with Gasteiger partial charge >= 0.3 is 0 Å². The standard InChI is InChI=1S/C14H25NO3S2/c1-5-12(6-2)15(9-11(3)4)20(17,18)14-8-7-13(10-16)19-14/h7-8,11-12,16H,5-6,9-10H2,1-4H3. The van der Waals surface area contributed by atoms with Crippen LogP contribution in [0.5, 0.6) is 0 Å². The van der Waals surface area contributed by atoms with Gasteiger partial charge in [0.05, 0.1) is 6.61 Å². The summed E-state index contributed by atoms with van der Waals surface area (Å²) >= 11 is 1.15. The zero-order valence-corrected chi connectivity index (χ0v) is 14.3. The molecule has 0 amide bonds. The molecule has 0 aromatic carbocycles. The Morgan fingerprint density at radius 3 is 2.25 bits per heavy atom. The fourth-order valence-corrected chi connectivity index (χ4v) is 5.48. The smallest absolute Gasteiger partial charge is 0.252 e. The van der Waals surface area contributed by atoms with Crippen molar-refractivity contribution < 1.29 is 13.5 Å². The Morgan fingerprint density at radius 1 is 1.25 bits per heavy atom. The fraction of sp³-hybridized carbons (Fsp3) is 0.714. The van der Waals surface area contributed by atoms with Gasteiger partial charge in [0.2, 0.25) is 0 Å². The fourth-order valence-electron chi connectivity index (χ4n) is 2.20. The van der Waals surface area contributed by atoms with E-state index in [-0.39, 0.29) is 18.6 Å². The van der Waals surface area contributed by atoms with Gasteiger partial charge in [-0.25, -0.2) is 8.42 Å². The minimum atomic E-state index is -3.47. The molecule has 0 saturated carbocycles. The molecule has 0 unspecified atom stereocenters. The van der Waals surface area contributed by atoms with Crippen molar-refractivity contribution in [2.45, 2.75) is 57.4 Å². The highest BCUT2D eigenvalue weighted by Gasteiger charge is 2.31. The van der Waals surface area contributed by atoms with E-state index < -0.39 is 10.0 Å². The Balaban J connectivity index is 3.15. The number of hydrogen-bond donors (Lipinski definition) is 1. The topological polar surface area (TPSA) is 57.6 Å². The van der Waals surface area contributed by atoms with Crippen LogP contribution in [0.15, 0.2) is 16.3 Å². The molecule has 0 aliphatic heterocycles. The van der Waals surface area contributed by atoms with Crippen molar-refractivity contribution in [2.75, 3.05) is 6.54 Å². The highest BCUT2D eigenvalue weighted by molar-refractivity contribution is 7.91. The largest absolute Gasteiger partial charge is 0.391 e. The number of hydrogen-bond acceptors (Lipinski definition) is 4. The van der Waals surface area contributed by atoms with Crippen molar-refractivity contribution in [3.8, 4) is 0 Å². The van der Waals surface area contributed by atoms with E-state index in [1.807, 2.05) is 27.7 Å². The summed E-state index contributed by atoms with van der Waals surface area (Å²) in [6, 6.07) is 3.31. The maximum absolute atomic E-state index is 12.8. The third-order valence-corrected chi connectivity index (χ3v) is 6.71. The number of aliphatic hydroxyl groups excluding tert-OH is 1. The second-order valence-electron chi connectivity index (χ2n) is 5.32. The van der Waals surface area contributed by atoms with Crippen molar-refractivity contribution in [3.63, 3.8) is 0 Å². The average Bonchev–Trinajstić information content (AvgIpc) is 2.88. The van der Waals surface area contributed by atoms with Crippen LogP contribution in [0.3, 0.4) is 0 Å². The Labute approximate surface area is 126 Å². The second kappa shape index (κ2) is 7.54. The first kappa shape index (κ1) is 17.6. The molecule has 1 rings (SSSR count). The molecule has 0 aliphatic carbocycles. The molecule has 1 heterocycles. The Kier molecular flexibility index (Phi) is 6.64. The molecule has 0 atom stereocenters. The molecule has 4 nitrogen and oxygen atoms in total. The molecule has 20 heavy (non-hydrogen) atoms. The molecule has 6 heteroatoms. The number of nitrogens with zero attached hydrogens (tertiary/aromatic N) is 1. The van der Waals surface area contributed by atoms with E-state index in [0.717, 1.165) is 24.2 Å². The first-order valence-corrected chi connectivity index (χ1v) is 9.33. The van der Waals surface area contributed by atoms with Crippen molar-refractivity contribution >= 4 is 21.4 Å². The second-order valence-corrected chi connectivity index (χ2v) is 8.60. The maximum Gasteiger partial charge on any atom is 0.252 e. The molecule has 1 N–H and O–H groups in total. The van der Waals surface area contributed by atoms with E-state index >= 15 is 0 Å². The normalized spacial score (nSPS) is 12.8. The summed E-state index contributed by atoms with van der Waals surface area (Å²) in [5.74, 6) is 0.280. The van der Waals surface area contributed by atoms with Crippen LogP contribution in [0.1, 0.15) is 45.4 Å². The predicted octanol–water partition coefficient (Wildman–Crippen LogP) is 3.08. The Morgan fingerprint density at radius 2 is 1.85 bits per heavy atom. The van der Waals surface area contributed by atoms with Crippen molar-refractivity contribution in [1.29, 1.82) is 0 Å². The van der Waals surface area contributed by atoms with Gasteiger partial charge in [0.15, 0.2) is 0 Å². The lowest BCUT2D eigenvalue weighted by atomic mass is 10.1. The molecular formula is C14H25NO3S2. The summed E-state index contributed by atoms with van der Waals surface area (Å²) in [6.45, 7) is 8.50. The van der Waals surface area contributed by atoms with Crippen molar-refractivity contribution in [2.24, 2.45) is 5.92 Å². The summed E-state index contributed by atoms with van der Waals surface area (Å²) < 4.78 is 27.6. The molecular weight excluding hydrogens is 294 g/mol. The van der Waals surface area contributed by atoms with Gasteiger partial charge < -0.3 is 5.11 Å². The zero-order valence-electron chi connectivity index (χ0n) is 12.7. The highest BCUT2D eigenvalue weighted by atomic mass is 32.2. The first-order chi connectivity index (χ1) is 9.36. The van der Waals surface area contributed by atoms with Gasteiger partial charge in [0.25, 0.3) is 10.0 Å². The van der Waals surface area contributed by atoms with Gasteiger partial charge in [-0.05, 0) is 30.9 Å². The highest BCUT2D eigenvalue weighted by Crippen LogP contribution is 2.28. The van der Waals surface area contributed by atoms with Crippen molar-refractivity contribution in [3.05, 3.63) is 17.0 Å². The molecule has 0 bridgehead atoms. The molecule has 1 aromatic heterocycles. The van der Waals surface area contributed by atoms with Gasteiger partial charge in [0.1, 0.15) is 4.21 Å². The zero-order chi connectivity index (χ0) is 15.3. The van der Waals surface area contributed by atoms with Crippen LogP contribution in [-0.2, 0) is 16.6 Å². The molecule has 116 valence electrons. The molecule has 0 radical (unpaired) electrons. The van der Waals surface area contributed by atoms with E-state index in [1.54, 1.807) is 16.4 Å². The van der Waals surface area contributed by atoms with E-state index in [1.165, 1.54) is 0 Å². The van der Waals surface area contributed by atoms with E-state index in [0.29, 0.717) is 15.6 Å². The van der Waals surface area contributed by atoms with Crippen molar-refractivity contribution in [1.82, 2.24) is 4.31 Å². The summed E-state index contributed by atoms with van der Waals surface area (Å²) in [6.07, 6.45) is 1.61. The van der Waals surface area contributed by atoms with Crippen LogP contribution in [0.4, 0.5) is 0 Å². The van der Waals surface area contributed by atoms with Crippen LogP contribution < -0.4 is 0 Å². The van der Waals surface area contributed by atoms with Gasteiger partial charge in [-0.2, -0.15) is 4.31 Å². The number of aliphatic hydroxyl groups is 1. The molecule has 0 spiro atoms. The number of rotatable bonds is 8. The van der Waals surface area contributed by atoms with Gasteiger partial charge in [-0.3, -0.25) is 0 Å². The molecule has 0 saturated heterocycles. The lowest BCUT2D eigenvalue weighted by Crippen LogP contribution is -2.41. The third-order valence-electron chi connectivity index (χ3n) is 3.25. The SMILES string of the molecule is CCC(CC)N(CC(C)C)S(=O)(=O)c1ccc(CO)s1. The predicted molar refractivity (Wildman–Crippen MR) is 83.3 cm³/mol. The molecule has 0 fully saturated rings. The number of thiophene rings is 1. The first-order valence-electron chi connectivity index (χ1n) is 7.08. The minimum absolute atomic E-state index is 0.0297. The monoisotopic (exact) mass is 319 g/mol. The molecule has 1 aromatic rings. The third kappa shape index (κ3) is 4.04. The van der Waals surface area contributed by atoms with Crippen LogP contribution in [0.2, 0.25) is 0 Å². The molecule has 0 aliphatic rings. The Bertz CT molecular complexity index is 504. The van der Waals surface area contributed by atoms with E-state index in [9.17, 15) is 8.42 Å².